The second kappa shape index (κ2) is 5.87. The van der Waals surface area contributed by atoms with Crippen LogP contribution >= 0.6 is 11.8 Å². The van der Waals surface area contributed by atoms with Crippen LogP contribution in [0.15, 0.2) is 29.2 Å². The van der Waals surface area contributed by atoms with E-state index in [0.717, 1.165) is 24.2 Å². The van der Waals surface area contributed by atoms with Crippen molar-refractivity contribution in [2.75, 3.05) is 0 Å². The fourth-order valence-electron chi connectivity index (χ4n) is 2.21. The highest BCUT2D eigenvalue weighted by Gasteiger charge is 2.25. The number of nitrogens with zero attached hydrogens (tertiary/aromatic N) is 2. The van der Waals surface area contributed by atoms with Crippen molar-refractivity contribution in [3.63, 3.8) is 0 Å². The van der Waals surface area contributed by atoms with Crippen LogP contribution in [0, 0.1) is 27.4 Å². The smallest absolute Gasteiger partial charge is 0.258 e. The zero-order chi connectivity index (χ0) is 13.0. The molecule has 0 heterocycles. The van der Waals surface area contributed by atoms with Crippen molar-refractivity contribution in [2.45, 2.75) is 35.8 Å². The molecule has 1 aromatic carbocycles. The molecule has 2 rings (SSSR count). The highest BCUT2D eigenvalue weighted by Crippen LogP contribution is 2.37. The molecular formula is C13H14N2O2S. The lowest BCUT2D eigenvalue weighted by Crippen LogP contribution is -2.20. The summed E-state index contributed by atoms with van der Waals surface area (Å²) in [5.74, 6) is 0.110. The molecule has 0 radical (unpaired) electrons. The molecule has 0 aliphatic heterocycles. The minimum Gasteiger partial charge on any atom is -0.258 e. The van der Waals surface area contributed by atoms with E-state index in [2.05, 4.69) is 6.07 Å². The maximum absolute atomic E-state index is 10.6. The minimum absolute atomic E-state index is 0.110. The molecule has 0 amide bonds. The molecule has 4 nitrogen and oxygen atoms in total. The molecule has 1 aromatic rings. The highest BCUT2D eigenvalue weighted by atomic mass is 32.2. The van der Waals surface area contributed by atoms with Crippen molar-refractivity contribution in [1.29, 1.82) is 5.26 Å². The average molecular weight is 262 g/mol. The van der Waals surface area contributed by atoms with Crippen LogP contribution in [0.1, 0.15) is 25.7 Å². The van der Waals surface area contributed by atoms with E-state index in [1.807, 2.05) is 0 Å². The van der Waals surface area contributed by atoms with Crippen molar-refractivity contribution in [3.8, 4) is 6.07 Å². The van der Waals surface area contributed by atoms with Crippen LogP contribution in [0.3, 0.4) is 0 Å². The van der Waals surface area contributed by atoms with Gasteiger partial charge >= 0.3 is 0 Å². The first kappa shape index (κ1) is 12.9. The van der Waals surface area contributed by atoms with Crippen LogP contribution in [0.25, 0.3) is 0 Å². The van der Waals surface area contributed by atoms with Gasteiger partial charge in [-0.15, -0.1) is 11.8 Å². The van der Waals surface area contributed by atoms with Gasteiger partial charge in [-0.2, -0.15) is 5.26 Å². The third-order valence-corrected chi connectivity index (χ3v) is 4.61. The van der Waals surface area contributed by atoms with E-state index < -0.39 is 4.92 Å². The maximum atomic E-state index is 10.6. The summed E-state index contributed by atoms with van der Waals surface area (Å²) in [6.45, 7) is 0. The predicted octanol–water partition coefficient (Wildman–Crippen LogP) is 3.77. The van der Waals surface area contributed by atoms with Gasteiger partial charge < -0.3 is 0 Å². The second-order valence-corrected chi connectivity index (χ2v) is 5.74. The summed E-state index contributed by atoms with van der Waals surface area (Å²) in [7, 11) is 0. The Balaban J connectivity index is 2.04. The van der Waals surface area contributed by atoms with Gasteiger partial charge in [0, 0.05) is 22.3 Å². The molecule has 2 atom stereocenters. The van der Waals surface area contributed by atoms with Crippen LogP contribution in [-0.4, -0.2) is 10.2 Å². The third kappa shape index (κ3) is 3.02. The van der Waals surface area contributed by atoms with E-state index in [1.165, 1.54) is 18.6 Å². The Kier molecular flexibility index (Phi) is 4.21. The van der Waals surface area contributed by atoms with Gasteiger partial charge in [-0.3, -0.25) is 10.1 Å². The standard InChI is InChI=1S/C13H14N2O2S/c14-9-10-3-1-2-4-13(10)18-12-7-5-11(6-8-12)15(16)17/h5-8,10,13H,1-4H2. The van der Waals surface area contributed by atoms with Crippen LogP contribution < -0.4 is 0 Å². The summed E-state index contributed by atoms with van der Waals surface area (Å²) in [5.41, 5.74) is 0.111. The van der Waals surface area contributed by atoms with Crippen molar-refractivity contribution < 1.29 is 4.92 Å². The molecule has 18 heavy (non-hydrogen) atoms. The number of nitro groups is 1. The second-order valence-electron chi connectivity index (χ2n) is 4.43. The maximum Gasteiger partial charge on any atom is 0.269 e. The number of hydrogen-bond acceptors (Lipinski definition) is 4. The van der Waals surface area contributed by atoms with Crippen molar-refractivity contribution in [1.82, 2.24) is 0 Å². The topological polar surface area (TPSA) is 66.9 Å². The SMILES string of the molecule is N#CC1CCCCC1Sc1ccc([N+](=O)[O-])cc1. The summed E-state index contributed by atoms with van der Waals surface area (Å²) in [5, 5.41) is 20.0. The molecule has 0 N–H and O–H groups in total. The summed E-state index contributed by atoms with van der Waals surface area (Å²) in [4.78, 5) is 11.2. The Morgan fingerprint density at radius 1 is 1.28 bits per heavy atom. The zero-order valence-corrected chi connectivity index (χ0v) is 10.7. The lowest BCUT2D eigenvalue weighted by molar-refractivity contribution is -0.384. The highest BCUT2D eigenvalue weighted by molar-refractivity contribution is 8.00. The molecule has 0 spiro atoms. The van der Waals surface area contributed by atoms with E-state index in [1.54, 1.807) is 23.9 Å². The normalized spacial score (nSPS) is 23.3. The Labute approximate surface area is 110 Å². The minimum atomic E-state index is -0.396. The van der Waals surface area contributed by atoms with Gasteiger partial charge in [0.05, 0.1) is 16.9 Å². The fourth-order valence-corrected chi connectivity index (χ4v) is 3.50. The Morgan fingerprint density at radius 3 is 2.56 bits per heavy atom. The van der Waals surface area contributed by atoms with Gasteiger partial charge in [-0.05, 0) is 25.0 Å². The number of nitriles is 1. The lowest BCUT2D eigenvalue weighted by Gasteiger charge is -2.25. The van der Waals surface area contributed by atoms with Gasteiger partial charge in [0.15, 0.2) is 0 Å². The van der Waals surface area contributed by atoms with Crippen LogP contribution in [0.2, 0.25) is 0 Å². The number of nitro benzene ring substituents is 1. The molecule has 94 valence electrons. The Bertz CT molecular complexity index is 467. The first-order valence-electron chi connectivity index (χ1n) is 6.01. The summed E-state index contributed by atoms with van der Waals surface area (Å²) in [6.07, 6.45) is 4.33. The summed E-state index contributed by atoms with van der Waals surface area (Å²) >= 11 is 1.67. The van der Waals surface area contributed by atoms with Gasteiger partial charge in [-0.1, -0.05) is 12.8 Å². The Hall–Kier alpha value is -1.54. The number of benzene rings is 1. The van der Waals surface area contributed by atoms with Crippen LogP contribution in [0.4, 0.5) is 5.69 Å². The molecular weight excluding hydrogens is 248 g/mol. The van der Waals surface area contributed by atoms with Gasteiger partial charge in [0.2, 0.25) is 0 Å². The monoisotopic (exact) mass is 262 g/mol. The first-order chi connectivity index (χ1) is 8.70. The van der Waals surface area contributed by atoms with Gasteiger partial charge in [0.25, 0.3) is 5.69 Å². The van der Waals surface area contributed by atoms with Crippen LogP contribution in [-0.2, 0) is 0 Å². The predicted molar refractivity (Wildman–Crippen MR) is 70.3 cm³/mol. The zero-order valence-electron chi connectivity index (χ0n) is 9.91. The van der Waals surface area contributed by atoms with E-state index in [0.29, 0.717) is 5.25 Å². The average Bonchev–Trinajstić information content (AvgIpc) is 2.40. The van der Waals surface area contributed by atoms with E-state index in [9.17, 15) is 10.1 Å². The van der Waals surface area contributed by atoms with Crippen molar-refractivity contribution >= 4 is 17.4 Å². The lowest BCUT2D eigenvalue weighted by atomic mass is 9.90. The molecule has 0 saturated heterocycles. The molecule has 1 saturated carbocycles. The fraction of sp³-hybridized carbons (Fsp3) is 0.462. The van der Waals surface area contributed by atoms with E-state index in [4.69, 9.17) is 5.26 Å². The van der Waals surface area contributed by atoms with Crippen LogP contribution in [0.5, 0.6) is 0 Å². The Morgan fingerprint density at radius 2 is 1.94 bits per heavy atom. The van der Waals surface area contributed by atoms with Crippen molar-refractivity contribution in [3.05, 3.63) is 34.4 Å². The number of hydrogen-bond donors (Lipinski definition) is 0. The first-order valence-corrected chi connectivity index (χ1v) is 6.89. The number of thioether (sulfide) groups is 1. The molecule has 0 bridgehead atoms. The third-order valence-electron chi connectivity index (χ3n) is 3.20. The quantitative estimate of drug-likeness (QED) is 0.614. The number of non-ortho nitro benzene ring substituents is 1. The largest absolute Gasteiger partial charge is 0.269 e. The summed E-state index contributed by atoms with van der Waals surface area (Å²) in [6, 6.07) is 8.95. The molecule has 1 fully saturated rings. The molecule has 1 aliphatic carbocycles. The molecule has 1 aliphatic rings. The van der Waals surface area contributed by atoms with Crippen molar-refractivity contribution in [2.24, 2.45) is 5.92 Å². The van der Waals surface area contributed by atoms with Gasteiger partial charge in [0.1, 0.15) is 0 Å². The van der Waals surface area contributed by atoms with E-state index in [-0.39, 0.29) is 11.6 Å². The molecule has 5 heteroatoms. The van der Waals surface area contributed by atoms with Gasteiger partial charge in [-0.25, -0.2) is 0 Å². The summed E-state index contributed by atoms with van der Waals surface area (Å²) < 4.78 is 0. The molecule has 2 unspecified atom stereocenters. The number of rotatable bonds is 3. The van der Waals surface area contributed by atoms with E-state index >= 15 is 0 Å². The molecule has 0 aromatic heterocycles.